The molecule has 0 aliphatic heterocycles. The molecule has 1 aromatic carbocycles. The first-order valence-electron chi connectivity index (χ1n) is 5.86. The van der Waals surface area contributed by atoms with Crippen molar-refractivity contribution in [3.63, 3.8) is 0 Å². The summed E-state index contributed by atoms with van der Waals surface area (Å²) in [5.74, 6) is -0.264. The van der Waals surface area contributed by atoms with Gasteiger partial charge in [0.15, 0.2) is 11.6 Å². The first-order chi connectivity index (χ1) is 8.56. The fourth-order valence-electron chi connectivity index (χ4n) is 1.53. The Balaban J connectivity index is 2.63. The van der Waals surface area contributed by atoms with Gasteiger partial charge in [-0.2, -0.15) is 0 Å². The molecule has 18 heavy (non-hydrogen) atoms. The predicted octanol–water partition coefficient (Wildman–Crippen LogP) is 1.18. The van der Waals surface area contributed by atoms with Crippen molar-refractivity contribution in [3.05, 3.63) is 29.6 Å². The molecule has 100 valence electrons. The molecule has 0 fully saturated rings. The number of rotatable bonds is 6. The van der Waals surface area contributed by atoms with Crippen LogP contribution in [0.5, 0.6) is 5.75 Å². The van der Waals surface area contributed by atoms with Crippen LogP contribution in [0, 0.1) is 5.82 Å². The van der Waals surface area contributed by atoms with Crippen molar-refractivity contribution in [1.29, 1.82) is 0 Å². The van der Waals surface area contributed by atoms with Crippen LogP contribution >= 0.6 is 0 Å². The van der Waals surface area contributed by atoms with Gasteiger partial charge in [-0.15, -0.1) is 0 Å². The first kappa shape index (κ1) is 14.4. The minimum atomic E-state index is -0.418. The smallest absolute Gasteiger partial charge is 0.225 e. The Morgan fingerprint density at radius 3 is 2.78 bits per heavy atom. The lowest BCUT2D eigenvalue weighted by atomic mass is 10.1. The lowest BCUT2D eigenvalue weighted by Gasteiger charge is -2.13. The summed E-state index contributed by atoms with van der Waals surface area (Å²) in [6.45, 7) is 0.589. The second-order valence-electron chi connectivity index (χ2n) is 4.15. The average Bonchev–Trinajstić information content (AvgIpc) is 2.32. The topological polar surface area (TPSA) is 55.6 Å². The van der Waals surface area contributed by atoms with Crippen LogP contribution in [0.1, 0.15) is 12.0 Å². The van der Waals surface area contributed by atoms with Crippen LogP contribution in [0.4, 0.5) is 4.39 Å². The van der Waals surface area contributed by atoms with Gasteiger partial charge >= 0.3 is 0 Å². The number of hydrogen-bond acceptors (Lipinski definition) is 3. The number of carbonyl (C=O) groups excluding carboxylic acids is 1. The Hall–Kier alpha value is -1.62. The molecule has 0 atom stereocenters. The van der Waals surface area contributed by atoms with Crippen LogP contribution in [-0.2, 0) is 11.2 Å². The number of nitrogens with zero attached hydrogens (tertiary/aromatic N) is 1. The van der Waals surface area contributed by atoms with E-state index in [1.807, 2.05) is 0 Å². The summed E-state index contributed by atoms with van der Waals surface area (Å²) < 4.78 is 19.0. The number of carbonyl (C=O) groups is 1. The number of para-hydroxylation sites is 1. The van der Waals surface area contributed by atoms with E-state index in [1.54, 1.807) is 26.2 Å². The Bertz CT molecular complexity index is 408. The number of hydrogen-bond donors (Lipinski definition) is 1. The maximum atomic E-state index is 13.6. The molecule has 1 amide bonds. The summed E-state index contributed by atoms with van der Waals surface area (Å²) in [5, 5.41) is 0. The summed E-state index contributed by atoms with van der Waals surface area (Å²) in [4.78, 5) is 12.8. The van der Waals surface area contributed by atoms with Crippen molar-refractivity contribution in [3.8, 4) is 5.75 Å². The van der Waals surface area contributed by atoms with Crippen LogP contribution < -0.4 is 10.5 Å². The molecule has 0 aliphatic carbocycles. The van der Waals surface area contributed by atoms with Gasteiger partial charge in [-0.1, -0.05) is 12.1 Å². The fraction of sp³-hybridized carbons (Fsp3) is 0.462. The zero-order chi connectivity index (χ0) is 13.5. The number of halogens is 1. The number of ether oxygens (including phenoxy) is 1. The largest absolute Gasteiger partial charge is 0.490 e. The van der Waals surface area contributed by atoms with Gasteiger partial charge in [0.05, 0.1) is 13.0 Å². The highest BCUT2D eigenvalue weighted by Crippen LogP contribution is 2.23. The van der Waals surface area contributed by atoms with E-state index < -0.39 is 5.82 Å². The van der Waals surface area contributed by atoms with E-state index in [4.69, 9.17) is 10.5 Å². The summed E-state index contributed by atoms with van der Waals surface area (Å²) >= 11 is 0. The van der Waals surface area contributed by atoms with E-state index in [-0.39, 0.29) is 24.7 Å². The summed E-state index contributed by atoms with van der Waals surface area (Å²) in [5.41, 5.74) is 6.19. The van der Waals surface area contributed by atoms with Crippen molar-refractivity contribution in [2.75, 3.05) is 27.2 Å². The molecule has 0 radical (unpaired) electrons. The van der Waals surface area contributed by atoms with Crippen molar-refractivity contribution < 1.29 is 13.9 Å². The van der Waals surface area contributed by atoms with Gasteiger partial charge in [-0.25, -0.2) is 4.39 Å². The third kappa shape index (κ3) is 4.00. The molecule has 0 unspecified atom stereocenters. The molecule has 1 rings (SSSR count). The maximum absolute atomic E-state index is 13.6. The second-order valence-corrected chi connectivity index (χ2v) is 4.15. The Morgan fingerprint density at radius 2 is 2.17 bits per heavy atom. The van der Waals surface area contributed by atoms with E-state index in [2.05, 4.69) is 0 Å². The molecular formula is C13H19FN2O2. The van der Waals surface area contributed by atoms with Crippen LogP contribution in [0.3, 0.4) is 0 Å². The van der Waals surface area contributed by atoms with Crippen molar-refractivity contribution in [1.82, 2.24) is 4.90 Å². The van der Waals surface area contributed by atoms with Crippen molar-refractivity contribution in [2.24, 2.45) is 5.73 Å². The Morgan fingerprint density at radius 1 is 1.44 bits per heavy atom. The fourth-order valence-corrected chi connectivity index (χ4v) is 1.53. The molecule has 0 saturated heterocycles. The molecule has 0 saturated carbocycles. The molecular weight excluding hydrogens is 235 g/mol. The van der Waals surface area contributed by atoms with E-state index >= 15 is 0 Å². The minimum Gasteiger partial charge on any atom is -0.490 e. The van der Waals surface area contributed by atoms with Crippen LogP contribution in [-0.4, -0.2) is 38.1 Å². The van der Waals surface area contributed by atoms with Gasteiger partial charge in [0.2, 0.25) is 5.91 Å². The van der Waals surface area contributed by atoms with Gasteiger partial charge in [0.25, 0.3) is 0 Å². The predicted molar refractivity (Wildman–Crippen MR) is 68.0 cm³/mol. The molecule has 0 aromatic heterocycles. The van der Waals surface area contributed by atoms with Crippen molar-refractivity contribution >= 4 is 5.91 Å². The van der Waals surface area contributed by atoms with E-state index in [0.717, 1.165) is 5.56 Å². The zero-order valence-corrected chi connectivity index (χ0v) is 10.8. The van der Waals surface area contributed by atoms with Crippen molar-refractivity contribution in [2.45, 2.75) is 12.8 Å². The van der Waals surface area contributed by atoms with Gasteiger partial charge in [-0.3, -0.25) is 4.79 Å². The van der Waals surface area contributed by atoms with Gasteiger partial charge in [-0.05, 0) is 24.6 Å². The van der Waals surface area contributed by atoms with Crippen LogP contribution in [0.25, 0.3) is 0 Å². The van der Waals surface area contributed by atoms with Gasteiger partial charge < -0.3 is 15.4 Å². The van der Waals surface area contributed by atoms with Gasteiger partial charge in [0, 0.05) is 14.1 Å². The Labute approximate surface area is 107 Å². The lowest BCUT2D eigenvalue weighted by molar-refractivity contribution is -0.129. The molecule has 0 heterocycles. The van der Waals surface area contributed by atoms with E-state index in [0.29, 0.717) is 13.0 Å². The highest BCUT2D eigenvalue weighted by molar-refractivity contribution is 5.75. The first-order valence-corrected chi connectivity index (χ1v) is 5.86. The monoisotopic (exact) mass is 254 g/mol. The summed E-state index contributed by atoms with van der Waals surface area (Å²) in [6, 6.07) is 4.74. The third-order valence-electron chi connectivity index (χ3n) is 2.52. The normalized spacial score (nSPS) is 10.2. The third-order valence-corrected chi connectivity index (χ3v) is 2.52. The standard InChI is InChI=1S/C13H19FN2O2/c1-16(2)12(17)7-9-18-13-10(6-8-15)4-3-5-11(13)14/h3-5H,6-9,15H2,1-2H3. The highest BCUT2D eigenvalue weighted by Gasteiger charge is 2.10. The zero-order valence-electron chi connectivity index (χ0n) is 10.8. The molecule has 5 heteroatoms. The van der Waals surface area contributed by atoms with Crippen LogP contribution in [0.2, 0.25) is 0 Å². The van der Waals surface area contributed by atoms with E-state index in [1.165, 1.54) is 11.0 Å². The number of nitrogens with two attached hydrogens (primary N) is 1. The molecule has 0 bridgehead atoms. The SMILES string of the molecule is CN(C)C(=O)CCOc1c(F)cccc1CCN. The summed E-state index contributed by atoms with van der Waals surface area (Å²) in [7, 11) is 3.34. The minimum absolute atomic E-state index is 0.0493. The molecule has 4 nitrogen and oxygen atoms in total. The Kier molecular flexibility index (Phi) is 5.58. The highest BCUT2D eigenvalue weighted by atomic mass is 19.1. The number of amides is 1. The second kappa shape index (κ2) is 6.96. The lowest BCUT2D eigenvalue weighted by Crippen LogP contribution is -2.23. The number of benzene rings is 1. The molecule has 1 aromatic rings. The van der Waals surface area contributed by atoms with Gasteiger partial charge in [0.1, 0.15) is 0 Å². The summed E-state index contributed by atoms with van der Waals surface area (Å²) in [6.07, 6.45) is 0.776. The quantitative estimate of drug-likeness (QED) is 0.829. The van der Waals surface area contributed by atoms with Crippen LogP contribution in [0.15, 0.2) is 18.2 Å². The molecule has 2 N–H and O–H groups in total. The van der Waals surface area contributed by atoms with E-state index in [9.17, 15) is 9.18 Å². The molecule has 0 aliphatic rings. The maximum Gasteiger partial charge on any atom is 0.225 e. The molecule has 0 spiro atoms. The average molecular weight is 254 g/mol.